The molecule has 0 saturated carbocycles. The van der Waals surface area contributed by atoms with Gasteiger partial charge in [-0.3, -0.25) is 0 Å². The van der Waals surface area contributed by atoms with Crippen LogP contribution in [0.1, 0.15) is 44.2 Å². The fraction of sp³-hybridized carbons (Fsp3) is 0.529. The zero-order valence-electron chi connectivity index (χ0n) is 15.4. The van der Waals surface area contributed by atoms with Gasteiger partial charge in [-0.05, 0) is 26.8 Å². The zero-order chi connectivity index (χ0) is 19.0. The van der Waals surface area contributed by atoms with E-state index in [1.807, 2.05) is 0 Å². The number of hydrogen-bond acceptors (Lipinski definition) is 5. The van der Waals surface area contributed by atoms with Crippen LogP contribution in [0.4, 0.5) is 8.78 Å². The van der Waals surface area contributed by atoms with E-state index in [2.05, 4.69) is 23.6 Å². The van der Waals surface area contributed by atoms with Crippen LogP contribution in [-0.4, -0.2) is 35.2 Å². The Morgan fingerprint density at radius 2 is 1.96 bits per heavy atom. The minimum absolute atomic E-state index is 0. The van der Waals surface area contributed by atoms with Crippen LogP contribution >= 0.6 is 0 Å². The first-order valence-electron chi connectivity index (χ1n) is 7.21. The number of alkyl halides is 2. The number of halogens is 2. The molecule has 1 aromatic rings. The largest absolute Gasteiger partial charge is 1.00 e. The number of nitrogens with zero attached hydrogens (tertiary/aromatic N) is 1. The van der Waals surface area contributed by atoms with Crippen LogP contribution in [-0.2, 0) is 16.1 Å². The summed E-state index contributed by atoms with van der Waals surface area (Å²) < 4.78 is 36.1. The van der Waals surface area contributed by atoms with Gasteiger partial charge in [0.2, 0.25) is 11.8 Å². The monoisotopic (exact) mass is 351 g/mol. The number of hydrogen-bond donors (Lipinski definition) is 1. The molecule has 5 nitrogen and oxygen atoms in total. The van der Waals surface area contributed by atoms with Crippen molar-refractivity contribution in [1.29, 1.82) is 0 Å². The molecule has 0 saturated heterocycles. The van der Waals surface area contributed by atoms with E-state index in [4.69, 9.17) is 9.84 Å². The Labute approximate surface area is 160 Å². The number of aromatic nitrogens is 1. The van der Waals surface area contributed by atoms with Gasteiger partial charge in [0.15, 0.2) is 0 Å². The summed E-state index contributed by atoms with van der Waals surface area (Å²) in [6.07, 6.45) is 0.737. The van der Waals surface area contributed by atoms with Gasteiger partial charge in [-0.25, -0.2) is 13.8 Å². The molecule has 0 bridgehead atoms. The molecular weight excluding hydrogens is 327 g/mol. The van der Waals surface area contributed by atoms with Gasteiger partial charge in [-0.1, -0.05) is 18.0 Å². The predicted octanol–water partition coefficient (Wildman–Crippen LogP) is 0.232. The van der Waals surface area contributed by atoms with E-state index in [1.165, 1.54) is 25.8 Å². The molecule has 25 heavy (non-hydrogen) atoms. The quantitative estimate of drug-likeness (QED) is 0.587. The van der Waals surface area contributed by atoms with Crippen molar-refractivity contribution < 1.29 is 47.0 Å². The SMILES string of the molecule is CC(C)(C)O[C-]=O.[CH2-]CC(F)(F)C([CH2-])c1cnc(OC)c(CO)c1.[Li+]. The van der Waals surface area contributed by atoms with Crippen molar-refractivity contribution in [3.05, 3.63) is 37.2 Å². The minimum Gasteiger partial charge on any atom is -0.649 e. The summed E-state index contributed by atoms with van der Waals surface area (Å²) in [5.41, 5.74) is 0.240. The van der Waals surface area contributed by atoms with Crippen LogP contribution in [0.15, 0.2) is 12.3 Å². The second-order valence-corrected chi connectivity index (χ2v) is 5.96. The van der Waals surface area contributed by atoms with E-state index >= 15 is 0 Å². The topological polar surface area (TPSA) is 68.7 Å². The molecule has 0 radical (unpaired) electrons. The van der Waals surface area contributed by atoms with Crippen molar-refractivity contribution >= 4 is 6.47 Å². The van der Waals surface area contributed by atoms with Crippen molar-refractivity contribution in [2.75, 3.05) is 7.11 Å². The predicted molar refractivity (Wildman–Crippen MR) is 86.3 cm³/mol. The molecule has 138 valence electrons. The molecular formula is C17H24F2LiNO4-2. The third-order valence-corrected chi connectivity index (χ3v) is 2.90. The summed E-state index contributed by atoms with van der Waals surface area (Å²) >= 11 is 0. The fourth-order valence-electron chi connectivity index (χ4n) is 1.55. The van der Waals surface area contributed by atoms with Crippen LogP contribution in [0.5, 0.6) is 5.88 Å². The first-order valence-corrected chi connectivity index (χ1v) is 7.21. The summed E-state index contributed by atoms with van der Waals surface area (Å²) in [4.78, 5) is 13.3. The Hall–Kier alpha value is -1.16. The second kappa shape index (κ2) is 11.5. The van der Waals surface area contributed by atoms with E-state index in [-0.39, 0.29) is 42.5 Å². The maximum Gasteiger partial charge on any atom is 1.00 e. The average molecular weight is 351 g/mol. The molecule has 1 N–H and O–H groups in total. The second-order valence-electron chi connectivity index (χ2n) is 5.96. The molecule has 1 heterocycles. The van der Waals surface area contributed by atoms with E-state index in [0.29, 0.717) is 5.56 Å². The maximum atomic E-state index is 13.4. The molecule has 1 aromatic heterocycles. The van der Waals surface area contributed by atoms with Crippen molar-refractivity contribution in [2.24, 2.45) is 0 Å². The third-order valence-electron chi connectivity index (χ3n) is 2.90. The first-order chi connectivity index (χ1) is 11.0. The minimum atomic E-state index is -3.00. The molecule has 0 spiro atoms. The smallest absolute Gasteiger partial charge is 0.649 e. The Bertz CT molecular complexity index is 522. The summed E-state index contributed by atoms with van der Waals surface area (Å²) in [5.74, 6) is -4.02. The van der Waals surface area contributed by atoms with Gasteiger partial charge in [0.1, 0.15) is 0 Å². The number of aliphatic hydroxyl groups is 1. The van der Waals surface area contributed by atoms with Gasteiger partial charge in [0.25, 0.3) is 0 Å². The van der Waals surface area contributed by atoms with Crippen molar-refractivity contribution in [3.8, 4) is 5.88 Å². The molecule has 0 aromatic carbocycles. The fourth-order valence-corrected chi connectivity index (χ4v) is 1.55. The summed E-state index contributed by atoms with van der Waals surface area (Å²) in [7, 11) is 1.40. The average Bonchev–Trinajstić information content (AvgIpc) is 2.52. The molecule has 0 aliphatic carbocycles. The number of rotatable bonds is 6. The third kappa shape index (κ3) is 9.20. The summed E-state index contributed by atoms with van der Waals surface area (Å²) in [6, 6.07) is 1.42. The Balaban J connectivity index is 0. The van der Waals surface area contributed by atoms with Crippen molar-refractivity contribution in [1.82, 2.24) is 4.98 Å². The van der Waals surface area contributed by atoms with Gasteiger partial charge in [-0.2, -0.15) is 0 Å². The number of ether oxygens (including phenoxy) is 2. The standard InChI is InChI=1S/C12H15F2NO2.C5H9O2.Li/c1-4-12(13,14)8(2)9-5-10(7-16)11(17-3)15-6-9;1-5(2,3)7-4-6;/h5-6,8,16H,1-2,4,7H2,3H3;1-3H3;/q-2;-1;+1. The van der Waals surface area contributed by atoms with Crippen LogP contribution in [0.25, 0.3) is 0 Å². The number of methoxy groups -OCH3 is 1. The van der Waals surface area contributed by atoms with Gasteiger partial charge in [-0.15, -0.1) is 6.42 Å². The van der Waals surface area contributed by atoms with Gasteiger partial charge in [0, 0.05) is 11.8 Å². The molecule has 0 aliphatic rings. The van der Waals surface area contributed by atoms with E-state index < -0.39 is 18.3 Å². The van der Waals surface area contributed by atoms with Crippen LogP contribution in [0.2, 0.25) is 0 Å². The molecule has 0 fully saturated rings. The zero-order valence-corrected chi connectivity index (χ0v) is 15.4. The number of carbonyl (C=O) groups excluding carboxylic acids is 1. The molecule has 8 heteroatoms. The Morgan fingerprint density at radius 3 is 2.28 bits per heavy atom. The number of aliphatic hydroxyl groups excluding tert-OH is 1. The molecule has 1 rings (SSSR count). The molecule has 1 atom stereocenters. The van der Waals surface area contributed by atoms with Crippen molar-refractivity contribution in [2.45, 2.75) is 51.2 Å². The van der Waals surface area contributed by atoms with Crippen LogP contribution in [0, 0.1) is 13.8 Å². The van der Waals surface area contributed by atoms with Crippen LogP contribution < -0.4 is 23.6 Å². The normalized spacial score (nSPS) is 12.2. The van der Waals surface area contributed by atoms with Gasteiger partial charge in [0.05, 0.1) is 19.3 Å². The van der Waals surface area contributed by atoms with Gasteiger partial charge >= 0.3 is 18.9 Å². The van der Waals surface area contributed by atoms with Crippen LogP contribution in [0.3, 0.4) is 0 Å². The van der Waals surface area contributed by atoms with Crippen molar-refractivity contribution in [3.63, 3.8) is 0 Å². The molecule has 1 unspecified atom stereocenters. The Morgan fingerprint density at radius 1 is 1.40 bits per heavy atom. The van der Waals surface area contributed by atoms with E-state index in [1.54, 1.807) is 20.8 Å². The Kier molecular flexibility index (Phi) is 11.9. The van der Waals surface area contributed by atoms with E-state index in [9.17, 15) is 13.6 Å². The first kappa shape index (κ1) is 26.1. The summed E-state index contributed by atoms with van der Waals surface area (Å²) in [5, 5.41) is 9.08. The molecule has 0 aliphatic heterocycles. The number of pyridine rings is 1. The van der Waals surface area contributed by atoms with Gasteiger partial charge < -0.3 is 33.2 Å². The molecule has 0 amide bonds. The maximum absolute atomic E-state index is 13.4. The van der Waals surface area contributed by atoms with E-state index in [0.717, 1.165) is 0 Å². The summed E-state index contributed by atoms with van der Waals surface area (Å²) in [6.45, 7) is 13.0.